The molecule has 0 saturated carbocycles. The van der Waals surface area contributed by atoms with E-state index in [9.17, 15) is 38.8 Å². The molecule has 0 spiro atoms. The number of nitrogens with zero attached hydrogens (tertiary/aromatic N) is 2. The Morgan fingerprint density at radius 3 is 1.63 bits per heavy atom. The van der Waals surface area contributed by atoms with E-state index in [1.54, 1.807) is 0 Å². The van der Waals surface area contributed by atoms with Crippen molar-refractivity contribution in [3.05, 3.63) is 0 Å². The monoisotopic (exact) mass is 548 g/mol. The molecule has 1 unspecified atom stereocenters. The number of nitrogens with one attached hydrogen (secondary N) is 3. The average molecular weight is 549 g/mol. The van der Waals surface area contributed by atoms with Gasteiger partial charge in [0.15, 0.2) is 0 Å². The summed E-state index contributed by atoms with van der Waals surface area (Å²) in [5.74, 6) is -1.87. The fourth-order valence-corrected chi connectivity index (χ4v) is 3.19. The van der Waals surface area contributed by atoms with Crippen LogP contribution < -0.4 is 21.7 Å². The van der Waals surface area contributed by atoms with Crippen LogP contribution in [0.1, 0.15) is 77.6 Å². The fourth-order valence-electron chi connectivity index (χ4n) is 3.19. The number of carbonyl (C=O) groups is 5. The van der Waals surface area contributed by atoms with Crippen molar-refractivity contribution in [3.8, 4) is 0 Å². The summed E-state index contributed by atoms with van der Waals surface area (Å²) in [5.41, 5.74) is 5.15. The summed E-state index contributed by atoms with van der Waals surface area (Å²) < 4.78 is 13.0. The van der Waals surface area contributed by atoms with Gasteiger partial charge in [-0.3, -0.25) is 34.4 Å². The third-order valence-electron chi connectivity index (χ3n) is 5.57. The van der Waals surface area contributed by atoms with Crippen molar-refractivity contribution in [3.63, 3.8) is 0 Å². The number of halogens is 1. The van der Waals surface area contributed by atoms with Gasteiger partial charge in [-0.05, 0) is 44.9 Å². The highest BCUT2D eigenvalue weighted by Gasteiger charge is 2.13. The van der Waals surface area contributed by atoms with E-state index in [1.165, 1.54) is 6.92 Å². The van der Waals surface area contributed by atoms with Gasteiger partial charge >= 0.3 is 0 Å². The summed E-state index contributed by atoms with van der Waals surface area (Å²) in [4.78, 5) is 58.0. The van der Waals surface area contributed by atoms with E-state index in [2.05, 4.69) is 16.0 Å². The molecule has 38 heavy (non-hydrogen) atoms. The van der Waals surface area contributed by atoms with E-state index >= 15 is 0 Å². The summed E-state index contributed by atoms with van der Waals surface area (Å²) >= 11 is 0. The molecule has 0 aromatic heterocycles. The number of hydrogen-bond donors (Lipinski definition) is 6. The Hall–Kier alpha value is -2.84. The summed E-state index contributed by atoms with van der Waals surface area (Å²) in [6, 6.07) is 0. The average Bonchev–Trinajstić information content (AvgIpc) is 2.89. The van der Waals surface area contributed by atoms with Crippen LogP contribution in [0.2, 0.25) is 0 Å². The number of amides is 5. The number of alkyl halides is 1. The normalized spacial score (nSPS) is 11.4. The lowest BCUT2D eigenvalue weighted by molar-refractivity contribution is -0.166. The summed E-state index contributed by atoms with van der Waals surface area (Å²) in [5, 5.41) is 28.2. The molecule has 5 amide bonds. The van der Waals surface area contributed by atoms with Crippen molar-refractivity contribution >= 4 is 29.5 Å². The van der Waals surface area contributed by atoms with Gasteiger partial charge in [0.1, 0.15) is 6.17 Å². The summed E-state index contributed by atoms with van der Waals surface area (Å²) in [6.45, 7) is 2.51. The van der Waals surface area contributed by atoms with Gasteiger partial charge in [-0.15, -0.1) is 0 Å². The smallest absolute Gasteiger partial charge is 0.246 e. The Balaban J connectivity index is 3.71. The minimum Gasteiger partial charge on any atom is -0.356 e. The van der Waals surface area contributed by atoms with E-state index in [-0.39, 0.29) is 76.0 Å². The van der Waals surface area contributed by atoms with Gasteiger partial charge < -0.3 is 21.7 Å². The minimum atomic E-state index is -1.16. The molecule has 1 atom stereocenters. The molecule has 220 valence electrons. The van der Waals surface area contributed by atoms with E-state index < -0.39 is 18.0 Å². The first-order chi connectivity index (χ1) is 18.1. The predicted molar refractivity (Wildman–Crippen MR) is 136 cm³/mol. The lowest BCUT2D eigenvalue weighted by Crippen LogP contribution is -2.31. The van der Waals surface area contributed by atoms with Crippen molar-refractivity contribution in [2.75, 3.05) is 39.3 Å². The van der Waals surface area contributed by atoms with Crippen LogP contribution in [0.3, 0.4) is 0 Å². The highest BCUT2D eigenvalue weighted by molar-refractivity contribution is 5.84. The topological polar surface area (TPSA) is 194 Å². The van der Waals surface area contributed by atoms with Crippen molar-refractivity contribution in [2.45, 2.75) is 83.7 Å². The number of unbranched alkanes of at least 4 members (excludes halogenated alkanes) is 4. The van der Waals surface area contributed by atoms with E-state index in [0.29, 0.717) is 61.7 Å². The molecule has 0 fully saturated rings. The first-order valence-electron chi connectivity index (χ1n) is 13.2. The zero-order valence-corrected chi connectivity index (χ0v) is 22.4. The summed E-state index contributed by atoms with van der Waals surface area (Å²) in [7, 11) is 0. The van der Waals surface area contributed by atoms with Crippen molar-refractivity contribution in [1.29, 1.82) is 0 Å². The van der Waals surface area contributed by atoms with Crippen LogP contribution in [-0.4, -0.2) is 95.5 Å². The molecule has 13 nitrogen and oxygen atoms in total. The van der Waals surface area contributed by atoms with Gasteiger partial charge in [0, 0.05) is 71.9 Å². The molecule has 0 heterocycles. The number of nitrogens with two attached hydrogens (primary N) is 1. The maximum absolute atomic E-state index is 13.0. The second-order valence-corrected chi connectivity index (χ2v) is 8.95. The standard InChI is InChI=1S/C24H45FN6O7/c1-19(32)30(37)16-6-2-4-14-28-23(35)10-11-24(36)31(38)17-7-3-5-13-27-21(33)8-9-22(34)29-15-12-20(25)18-26/h20,37-38H,2-18,26H2,1H3,(H,27,33)(H,28,35)(H,29,34). The molecule has 0 saturated heterocycles. The lowest BCUT2D eigenvalue weighted by atomic mass is 10.2. The second-order valence-electron chi connectivity index (χ2n) is 8.95. The molecule has 7 N–H and O–H groups in total. The quantitative estimate of drug-likeness (QED) is 0.0634. The van der Waals surface area contributed by atoms with E-state index in [4.69, 9.17) is 5.73 Å². The zero-order chi connectivity index (χ0) is 28.8. The molecule has 0 bridgehead atoms. The van der Waals surface area contributed by atoms with Crippen LogP contribution in [0.15, 0.2) is 0 Å². The van der Waals surface area contributed by atoms with Gasteiger partial charge in [-0.2, -0.15) is 0 Å². The van der Waals surface area contributed by atoms with E-state index in [1.807, 2.05) is 0 Å². The third kappa shape index (κ3) is 20.2. The Morgan fingerprint density at radius 2 is 1.16 bits per heavy atom. The zero-order valence-electron chi connectivity index (χ0n) is 22.4. The summed E-state index contributed by atoms with van der Waals surface area (Å²) in [6.07, 6.45) is 2.64. The molecular weight excluding hydrogens is 503 g/mol. The van der Waals surface area contributed by atoms with Gasteiger partial charge in [0.05, 0.1) is 0 Å². The van der Waals surface area contributed by atoms with Crippen molar-refractivity contribution in [2.24, 2.45) is 5.73 Å². The minimum absolute atomic E-state index is 0.0106. The Labute approximate surface area is 223 Å². The number of carbonyl (C=O) groups excluding carboxylic acids is 5. The van der Waals surface area contributed by atoms with Crippen LogP contribution in [0.4, 0.5) is 4.39 Å². The second kappa shape index (κ2) is 22.2. The van der Waals surface area contributed by atoms with Crippen LogP contribution in [0, 0.1) is 0 Å². The Kier molecular flexibility index (Phi) is 20.5. The number of hydroxylamine groups is 4. The maximum Gasteiger partial charge on any atom is 0.246 e. The van der Waals surface area contributed by atoms with Gasteiger partial charge in [-0.25, -0.2) is 14.5 Å². The first kappa shape index (κ1) is 35.2. The molecule has 0 aliphatic heterocycles. The predicted octanol–water partition coefficient (Wildman–Crippen LogP) is 0.378. The molecule has 0 radical (unpaired) electrons. The maximum atomic E-state index is 13.0. The SMILES string of the molecule is CC(=O)N(O)CCCCCNC(=O)CCC(=O)N(O)CCCCCNC(=O)CCC(=O)NCCC(F)CN. The molecular formula is C24H45FN6O7. The molecule has 0 aromatic rings. The molecule has 0 aromatic carbocycles. The van der Waals surface area contributed by atoms with Crippen molar-refractivity contribution < 1.29 is 38.8 Å². The first-order valence-corrected chi connectivity index (χ1v) is 13.2. The van der Waals surface area contributed by atoms with Crippen LogP contribution in [0.5, 0.6) is 0 Å². The molecule has 0 aliphatic carbocycles. The number of hydrogen-bond acceptors (Lipinski definition) is 8. The molecule has 14 heteroatoms. The van der Waals surface area contributed by atoms with Crippen LogP contribution in [-0.2, 0) is 24.0 Å². The molecule has 0 rings (SSSR count). The highest BCUT2D eigenvalue weighted by Crippen LogP contribution is 2.02. The van der Waals surface area contributed by atoms with Gasteiger partial charge in [-0.1, -0.05) is 0 Å². The highest BCUT2D eigenvalue weighted by atomic mass is 19.1. The van der Waals surface area contributed by atoms with Crippen LogP contribution in [0.25, 0.3) is 0 Å². The van der Waals surface area contributed by atoms with Gasteiger partial charge in [0.2, 0.25) is 29.5 Å². The molecule has 0 aliphatic rings. The van der Waals surface area contributed by atoms with Crippen LogP contribution >= 0.6 is 0 Å². The number of rotatable bonds is 22. The van der Waals surface area contributed by atoms with Gasteiger partial charge in [0.25, 0.3) is 0 Å². The van der Waals surface area contributed by atoms with Crippen molar-refractivity contribution in [1.82, 2.24) is 26.1 Å². The Bertz CT molecular complexity index is 728. The Morgan fingerprint density at radius 1 is 0.711 bits per heavy atom. The fraction of sp³-hybridized carbons (Fsp3) is 0.792. The van der Waals surface area contributed by atoms with E-state index in [0.717, 1.165) is 0 Å². The third-order valence-corrected chi connectivity index (χ3v) is 5.57. The largest absolute Gasteiger partial charge is 0.356 e. The lowest BCUT2D eigenvalue weighted by Gasteiger charge is -2.15.